The minimum absolute atomic E-state index is 0.224. The number of rotatable bonds is 7. The highest BCUT2D eigenvalue weighted by atomic mass is 16.2. The molecule has 0 saturated carbocycles. The molecule has 2 amide bonds. The van der Waals surface area contributed by atoms with Crippen molar-refractivity contribution >= 4 is 17.5 Å². The Kier molecular flexibility index (Phi) is 6.69. The molecule has 1 aromatic heterocycles. The molecule has 2 aromatic rings. The van der Waals surface area contributed by atoms with Gasteiger partial charge in [0.2, 0.25) is 0 Å². The molecule has 2 N–H and O–H groups in total. The third kappa shape index (κ3) is 5.14. The van der Waals surface area contributed by atoms with Gasteiger partial charge in [-0.15, -0.1) is 0 Å². The molecule has 25 heavy (non-hydrogen) atoms. The van der Waals surface area contributed by atoms with Crippen LogP contribution in [0.25, 0.3) is 0 Å². The number of nitrogens with zero attached hydrogens (tertiary/aromatic N) is 1. The first-order chi connectivity index (χ1) is 12.0. The van der Waals surface area contributed by atoms with Crippen LogP contribution in [0.3, 0.4) is 0 Å². The van der Waals surface area contributed by atoms with Gasteiger partial charge in [-0.3, -0.25) is 9.59 Å². The monoisotopic (exact) mass is 339 g/mol. The summed E-state index contributed by atoms with van der Waals surface area (Å²) in [7, 11) is 0. The largest absolute Gasteiger partial charge is 0.351 e. The first-order valence-electron chi connectivity index (χ1n) is 8.65. The molecule has 0 radical (unpaired) electrons. The lowest BCUT2D eigenvalue weighted by Gasteiger charge is -2.10. The molecule has 0 fully saturated rings. The van der Waals surface area contributed by atoms with Gasteiger partial charge in [-0.05, 0) is 49.6 Å². The van der Waals surface area contributed by atoms with Crippen molar-refractivity contribution in [1.82, 2.24) is 10.3 Å². The van der Waals surface area contributed by atoms with Crippen LogP contribution in [0.5, 0.6) is 0 Å². The maximum absolute atomic E-state index is 12.4. The SMILES string of the molecule is CCCCCNC(=O)c1cccc(C(=O)Nc2cccc(C)c2C)n1. The zero-order valence-electron chi connectivity index (χ0n) is 15.1. The van der Waals surface area contributed by atoms with E-state index in [2.05, 4.69) is 22.5 Å². The lowest BCUT2D eigenvalue weighted by molar-refractivity contribution is 0.0948. The molecule has 132 valence electrons. The van der Waals surface area contributed by atoms with Crippen LogP contribution in [0.1, 0.15) is 58.3 Å². The van der Waals surface area contributed by atoms with Crippen molar-refractivity contribution in [3.63, 3.8) is 0 Å². The molecule has 0 atom stereocenters. The van der Waals surface area contributed by atoms with Crippen LogP contribution >= 0.6 is 0 Å². The molecule has 0 bridgehead atoms. The predicted octanol–water partition coefficient (Wildman–Crippen LogP) is 3.87. The Hall–Kier alpha value is -2.69. The van der Waals surface area contributed by atoms with Crippen LogP contribution < -0.4 is 10.6 Å². The van der Waals surface area contributed by atoms with E-state index in [0.29, 0.717) is 6.54 Å². The fourth-order valence-electron chi connectivity index (χ4n) is 2.43. The highest BCUT2D eigenvalue weighted by Gasteiger charge is 2.13. The minimum atomic E-state index is -0.325. The zero-order valence-corrected chi connectivity index (χ0v) is 15.1. The van der Waals surface area contributed by atoms with Crippen molar-refractivity contribution in [1.29, 1.82) is 0 Å². The first kappa shape index (κ1) is 18.6. The highest BCUT2D eigenvalue weighted by molar-refractivity contribution is 6.04. The molecule has 2 rings (SSSR count). The third-order valence-electron chi connectivity index (χ3n) is 4.13. The standard InChI is InChI=1S/C20H25N3O2/c1-4-5-6-13-21-19(24)17-11-8-12-18(22-17)20(25)23-16-10-7-9-14(2)15(16)3/h7-12H,4-6,13H2,1-3H3,(H,21,24)(H,23,25). The maximum Gasteiger partial charge on any atom is 0.274 e. The summed E-state index contributed by atoms with van der Waals surface area (Å²) >= 11 is 0. The zero-order chi connectivity index (χ0) is 18.2. The number of hydrogen-bond acceptors (Lipinski definition) is 3. The van der Waals surface area contributed by atoms with Crippen molar-refractivity contribution in [2.24, 2.45) is 0 Å². The average Bonchev–Trinajstić information content (AvgIpc) is 2.62. The second-order valence-corrected chi connectivity index (χ2v) is 6.07. The molecule has 1 aromatic carbocycles. The fourth-order valence-corrected chi connectivity index (χ4v) is 2.43. The number of nitrogens with one attached hydrogen (secondary N) is 2. The number of aryl methyl sites for hydroxylation is 1. The summed E-state index contributed by atoms with van der Waals surface area (Å²) in [5.41, 5.74) is 3.35. The summed E-state index contributed by atoms with van der Waals surface area (Å²) in [6.45, 7) is 6.68. The van der Waals surface area contributed by atoms with E-state index < -0.39 is 0 Å². The number of pyridine rings is 1. The molecule has 0 aliphatic rings. The van der Waals surface area contributed by atoms with Crippen LogP contribution in [0.15, 0.2) is 36.4 Å². The third-order valence-corrected chi connectivity index (χ3v) is 4.13. The number of unbranched alkanes of at least 4 members (excludes halogenated alkanes) is 2. The molecular weight excluding hydrogens is 314 g/mol. The lowest BCUT2D eigenvalue weighted by atomic mass is 10.1. The first-order valence-corrected chi connectivity index (χ1v) is 8.65. The topological polar surface area (TPSA) is 71.1 Å². The molecular formula is C20H25N3O2. The van der Waals surface area contributed by atoms with Crippen LogP contribution in [-0.2, 0) is 0 Å². The Morgan fingerprint density at radius 1 is 0.960 bits per heavy atom. The average molecular weight is 339 g/mol. The second-order valence-electron chi connectivity index (χ2n) is 6.07. The minimum Gasteiger partial charge on any atom is -0.351 e. The Morgan fingerprint density at radius 3 is 2.36 bits per heavy atom. The molecule has 5 nitrogen and oxygen atoms in total. The van der Waals surface area contributed by atoms with E-state index >= 15 is 0 Å². The van der Waals surface area contributed by atoms with Gasteiger partial charge in [0.05, 0.1) is 0 Å². The van der Waals surface area contributed by atoms with Gasteiger partial charge < -0.3 is 10.6 Å². The summed E-state index contributed by atoms with van der Waals surface area (Å²) < 4.78 is 0. The molecule has 5 heteroatoms. The Bertz CT molecular complexity index is 756. The van der Waals surface area contributed by atoms with Crippen LogP contribution in [-0.4, -0.2) is 23.3 Å². The van der Waals surface area contributed by atoms with Gasteiger partial charge in [0, 0.05) is 12.2 Å². The van der Waals surface area contributed by atoms with Crippen molar-refractivity contribution in [3.05, 3.63) is 58.9 Å². The van der Waals surface area contributed by atoms with Crippen LogP contribution in [0.2, 0.25) is 0 Å². The number of hydrogen-bond donors (Lipinski definition) is 2. The van der Waals surface area contributed by atoms with Crippen molar-refractivity contribution in [3.8, 4) is 0 Å². The van der Waals surface area contributed by atoms with E-state index in [1.165, 1.54) is 0 Å². The van der Waals surface area contributed by atoms with Gasteiger partial charge in [-0.2, -0.15) is 0 Å². The van der Waals surface area contributed by atoms with Crippen LogP contribution in [0, 0.1) is 13.8 Å². The molecule has 0 saturated heterocycles. The van der Waals surface area contributed by atoms with E-state index in [0.717, 1.165) is 36.1 Å². The molecule has 0 aliphatic heterocycles. The highest BCUT2D eigenvalue weighted by Crippen LogP contribution is 2.18. The summed E-state index contributed by atoms with van der Waals surface area (Å²) in [5.74, 6) is -0.577. The summed E-state index contributed by atoms with van der Waals surface area (Å²) in [5, 5.41) is 5.69. The van der Waals surface area contributed by atoms with Crippen molar-refractivity contribution < 1.29 is 9.59 Å². The van der Waals surface area contributed by atoms with E-state index in [1.807, 2.05) is 32.0 Å². The van der Waals surface area contributed by atoms with Gasteiger partial charge in [0.25, 0.3) is 11.8 Å². The number of amides is 2. The number of carbonyl (C=O) groups excluding carboxylic acids is 2. The smallest absolute Gasteiger partial charge is 0.274 e. The van der Waals surface area contributed by atoms with Gasteiger partial charge in [-0.1, -0.05) is 38.0 Å². The Morgan fingerprint density at radius 2 is 1.64 bits per heavy atom. The van der Waals surface area contributed by atoms with Gasteiger partial charge in [0.1, 0.15) is 11.4 Å². The maximum atomic E-state index is 12.4. The van der Waals surface area contributed by atoms with E-state index in [9.17, 15) is 9.59 Å². The van der Waals surface area contributed by atoms with Crippen molar-refractivity contribution in [2.75, 3.05) is 11.9 Å². The normalized spacial score (nSPS) is 10.4. The number of anilines is 1. The van der Waals surface area contributed by atoms with Gasteiger partial charge in [0.15, 0.2) is 0 Å². The van der Waals surface area contributed by atoms with E-state index in [4.69, 9.17) is 0 Å². The Labute approximate surface area is 148 Å². The van der Waals surface area contributed by atoms with Crippen LogP contribution in [0.4, 0.5) is 5.69 Å². The van der Waals surface area contributed by atoms with Crippen molar-refractivity contribution in [2.45, 2.75) is 40.0 Å². The van der Waals surface area contributed by atoms with E-state index in [1.54, 1.807) is 18.2 Å². The van der Waals surface area contributed by atoms with Gasteiger partial charge in [-0.25, -0.2) is 4.98 Å². The van der Waals surface area contributed by atoms with E-state index in [-0.39, 0.29) is 23.2 Å². The van der Waals surface area contributed by atoms with Gasteiger partial charge >= 0.3 is 0 Å². The molecule has 0 spiro atoms. The molecule has 0 aliphatic carbocycles. The molecule has 0 unspecified atom stereocenters. The summed E-state index contributed by atoms with van der Waals surface area (Å²) in [6, 6.07) is 10.6. The number of benzene rings is 1. The predicted molar refractivity (Wildman–Crippen MR) is 100.0 cm³/mol. The summed E-state index contributed by atoms with van der Waals surface area (Å²) in [6.07, 6.45) is 3.11. The quantitative estimate of drug-likeness (QED) is 0.752. The lowest BCUT2D eigenvalue weighted by Crippen LogP contribution is -2.26. The molecule has 1 heterocycles. The second kappa shape index (κ2) is 8.97. The fraction of sp³-hybridized carbons (Fsp3) is 0.350. The summed E-state index contributed by atoms with van der Waals surface area (Å²) in [4.78, 5) is 28.8. The Balaban J connectivity index is 2.06. The number of aromatic nitrogens is 1. The number of carbonyl (C=O) groups is 2.